The zero-order valence-corrected chi connectivity index (χ0v) is 29.8. The second-order valence-electron chi connectivity index (χ2n) is 15.9. The van der Waals surface area contributed by atoms with Gasteiger partial charge in [0.05, 0.1) is 18.3 Å². The van der Waals surface area contributed by atoms with E-state index in [0.29, 0.717) is 55.0 Å². The summed E-state index contributed by atoms with van der Waals surface area (Å²) in [6.07, 6.45) is 2.89. The largest absolute Gasteiger partial charge is 0.481 e. The number of aromatic amines is 1. The van der Waals surface area contributed by atoms with Crippen molar-refractivity contribution in [2.24, 2.45) is 17.3 Å². The number of rotatable bonds is 10. The number of ether oxygens (including phenoxy) is 2. The van der Waals surface area contributed by atoms with Crippen LogP contribution in [0.2, 0.25) is 0 Å². The Morgan fingerprint density at radius 2 is 1.87 bits per heavy atom. The Kier molecular flexibility index (Phi) is 8.33. The van der Waals surface area contributed by atoms with Crippen LogP contribution < -0.4 is 14.4 Å². The van der Waals surface area contributed by atoms with Gasteiger partial charge in [-0.3, -0.25) is 9.89 Å². The van der Waals surface area contributed by atoms with Gasteiger partial charge in [-0.1, -0.05) is 12.6 Å². The van der Waals surface area contributed by atoms with E-state index in [1.54, 1.807) is 6.20 Å². The standard InChI is InChI=1S/C39H44F3N7O4/c1-3-30(51)49-19-38(20-49)8-10-48(11-9-38)36-27-15-26(23-5-6-23)32(31-22(2)4-7-29-28(31)16-43-46-29)35(52-21-39(40,41)42)33(27)44-37(45-36)53-34-24-14-25(34)18-47(17-24)12-13-50/h3-4,7,15-16,23-25,34,50H,1,5-6,8-14,17-21H2,2H3,(H,43,46). The Balaban J connectivity index is 1.18. The summed E-state index contributed by atoms with van der Waals surface area (Å²) in [5.41, 5.74) is 4.31. The van der Waals surface area contributed by atoms with E-state index in [1.165, 1.54) is 6.08 Å². The lowest BCUT2D eigenvalue weighted by Crippen LogP contribution is -2.61. The minimum atomic E-state index is -4.58. The fourth-order valence-electron chi connectivity index (χ4n) is 9.38. The van der Waals surface area contributed by atoms with Gasteiger partial charge in [0.1, 0.15) is 17.4 Å². The maximum Gasteiger partial charge on any atom is 0.422 e. The third-order valence-electron chi connectivity index (χ3n) is 12.3. The first kappa shape index (κ1) is 34.3. The van der Waals surface area contributed by atoms with Crippen molar-refractivity contribution in [3.8, 4) is 22.9 Å². The molecule has 3 aliphatic heterocycles. The molecule has 9 rings (SSSR count). The van der Waals surface area contributed by atoms with Crippen LogP contribution in [0, 0.1) is 24.2 Å². The predicted octanol–water partition coefficient (Wildman–Crippen LogP) is 5.61. The second kappa shape index (κ2) is 12.9. The van der Waals surface area contributed by atoms with E-state index in [0.717, 1.165) is 72.8 Å². The minimum Gasteiger partial charge on any atom is -0.481 e. The summed E-state index contributed by atoms with van der Waals surface area (Å²) in [7, 11) is 0. The number of hydrogen-bond donors (Lipinski definition) is 2. The number of aromatic nitrogens is 4. The predicted molar refractivity (Wildman–Crippen MR) is 193 cm³/mol. The molecule has 2 unspecified atom stereocenters. The highest BCUT2D eigenvalue weighted by molar-refractivity contribution is 6.06. The molecule has 280 valence electrons. The van der Waals surface area contributed by atoms with Crippen LogP contribution in [-0.2, 0) is 4.79 Å². The quantitative estimate of drug-likeness (QED) is 0.201. The molecule has 2 N–H and O–H groups in total. The van der Waals surface area contributed by atoms with Gasteiger partial charge in [-0.2, -0.15) is 28.2 Å². The van der Waals surface area contributed by atoms with Crippen LogP contribution in [0.5, 0.6) is 11.8 Å². The first-order chi connectivity index (χ1) is 25.5. The van der Waals surface area contributed by atoms with Crippen LogP contribution >= 0.6 is 0 Å². The number of nitrogens with zero attached hydrogens (tertiary/aromatic N) is 6. The van der Waals surface area contributed by atoms with Gasteiger partial charge in [-0.15, -0.1) is 0 Å². The lowest BCUT2D eigenvalue weighted by atomic mass is 9.68. The summed E-state index contributed by atoms with van der Waals surface area (Å²) in [6, 6.07) is 6.10. The van der Waals surface area contributed by atoms with Crippen LogP contribution in [-0.4, -0.2) is 112 Å². The number of fused-ring (bicyclic) bond motifs is 4. The number of likely N-dealkylation sites (tertiary alicyclic amines) is 2. The number of piperidine rings is 3. The molecule has 2 aromatic heterocycles. The highest BCUT2D eigenvalue weighted by atomic mass is 19.4. The van der Waals surface area contributed by atoms with E-state index in [9.17, 15) is 23.1 Å². The Morgan fingerprint density at radius 3 is 2.55 bits per heavy atom. The third-order valence-corrected chi connectivity index (χ3v) is 12.3. The lowest BCUT2D eigenvalue weighted by Gasteiger charge is -2.54. The molecule has 2 saturated carbocycles. The summed E-state index contributed by atoms with van der Waals surface area (Å²) in [5, 5.41) is 18.3. The van der Waals surface area contributed by atoms with Gasteiger partial charge in [0.15, 0.2) is 12.4 Å². The summed E-state index contributed by atoms with van der Waals surface area (Å²) in [4.78, 5) is 28.5. The van der Waals surface area contributed by atoms with E-state index in [4.69, 9.17) is 19.4 Å². The van der Waals surface area contributed by atoms with Crippen LogP contribution in [0.3, 0.4) is 0 Å². The second-order valence-corrected chi connectivity index (χ2v) is 15.9. The third kappa shape index (κ3) is 6.17. The first-order valence-corrected chi connectivity index (χ1v) is 18.7. The summed E-state index contributed by atoms with van der Waals surface area (Å²) in [5.74, 6) is 1.30. The Bertz CT molecular complexity index is 2070. The fourth-order valence-corrected chi connectivity index (χ4v) is 9.38. The number of β-amino-alcohol motifs (C(OH)–C–C–N with tert-alkyl or cyclic N) is 1. The number of aliphatic hydroxyl groups is 1. The number of alkyl halides is 3. The average molecular weight is 732 g/mol. The average Bonchev–Trinajstić information content (AvgIpc) is 3.87. The van der Waals surface area contributed by atoms with Crippen molar-refractivity contribution >= 4 is 33.5 Å². The van der Waals surface area contributed by atoms with Crippen molar-refractivity contribution in [3.05, 3.63) is 48.2 Å². The summed E-state index contributed by atoms with van der Waals surface area (Å²) in [6.45, 7) is 9.12. The smallest absolute Gasteiger partial charge is 0.422 e. The number of amides is 1. The number of hydrogen-bond acceptors (Lipinski definition) is 9. The maximum absolute atomic E-state index is 14.1. The number of benzene rings is 2. The molecular weight excluding hydrogens is 687 g/mol. The first-order valence-electron chi connectivity index (χ1n) is 18.7. The van der Waals surface area contributed by atoms with Crippen molar-refractivity contribution in [2.45, 2.75) is 57.2 Å². The van der Waals surface area contributed by atoms with E-state index >= 15 is 0 Å². The Labute approximate surface area is 305 Å². The zero-order valence-electron chi connectivity index (χ0n) is 29.8. The van der Waals surface area contributed by atoms with Gasteiger partial charge in [-0.25, -0.2) is 0 Å². The molecule has 1 amide bonds. The molecule has 2 atom stereocenters. The number of H-pyrrole nitrogens is 1. The summed E-state index contributed by atoms with van der Waals surface area (Å²) < 4.78 is 54.8. The van der Waals surface area contributed by atoms with Gasteiger partial charge in [0.2, 0.25) is 5.91 Å². The van der Waals surface area contributed by atoms with Crippen molar-refractivity contribution in [1.29, 1.82) is 0 Å². The van der Waals surface area contributed by atoms with E-state index in [-0.39, 0.29) is 53.5 Å². The van der Waals surface area contributed by atoms with Gasteiger partial charge < -0.3 is 29.3 Å². The van der Waals surface area contributed by atoms with Crippen molar-refractivity contribution in [2.75, 3.05) is 63.9 Å². The molecule has 5 aliphatic rings. The molecule has 3 saturated heterocycles. The van der Waals surface area contributed by atoms with Crippen molar-refractivity contribution in [3.63, 3.8) is 0 Å². The zero-order chi connectivity index (χ0) is 36.6. The van der Waals surface area contributed by atoms with Crippen molar-refractivity contribution in [1.82, 2.24) is 30.0 Å². The monoisotopic (exact) mass is 731 g/mol. The molecule has 5 fully saturated rings. The van der Waals surface area contributed by atoms with E-state index in [1.807, 2.05) is 24.0 Å². The van der Waals surface area contributed by atoms with Crippen LogP contribution in [0.1, 0.15) is 49.1 Å². The number of anilines is 1. The lowest BCUT2D eigenvalue weighted by molar-refractivity contribution is -0.153. The molecule has 2 aliphatic carbocycles. The van der Waals surface area contributed by atoms with Crippen LogP contribution in [0.4, 0.5) is 19.0 Å². The highest BCUT2D eigenvalue weighted by Gasteiger charge is 2.49. The van der Waals surface area contributed by atoms with Gasteiger partial charge in [0, 0.05) is 79.4 Å². The number of carbonyl (C=O) groups is 1. The normalized spacial score (nSPS) is 24.0. The highest BCUT2D eigenvalue weighted by Crippen LogP contribution is 2.54. The van der Waals surface area contributed by atoms with Crippen LogP contribution in [0.25, 0.3) is 32.9 Å². The molecular formula is C39H44F3N7O4. The molecule has 14 heteroatoms. The van der Waals surface area contributed by atoms with E-state index < -0.39 is 12.8 Å². The molecule has 4 aromatic rings. The SMILES string of the molecule is C=CC(=O)N1CC2(CCN(c3nc(OC4C5CC4CN(CCO)C5)nc4c(OCC(F)(F)F)c(-c5c(C)ccc6[nH]ncc56)c(C5CC5)cc34)CC2)C1. The topological polar surface area (TPSA) is 120 Å². The molecule has 53 heavy (non-hydrogen) atoms. The Hall–Kier alpha value is -4.43. The number of aryl methyl sites for hydroxylation is 1. The minimum absolute atomic E-state index is 0.0231. The molecule has 0 radical (unpaired) electrons. The molecule has 2 aromatic carbocycles. The van der Waals surface area contributed by atoms with Gasteiger partial charge in [-0.05, 0) is 79.8 Å². The molecule has 5 heterocycles. The summed E-state index contributed by atoms with van der Waals surface area (Å²) >= 11 is 0. The van der Waals surface area contributed by atoms with Crippen molar-refractivity contribution < 1.29 is 32.5 Å². The number of carbonyl (C=O) groups excluding carboxylic acids is 1. The Morgan fingerprint density at radius 1 is 1.11 bits per heavy atom. The molecule has 1 spiro atoms. The number of halogens is 3. The maximum atomic E-state index is 14.1. The van der Waals surface area contributed by atoms with E-state index in [2.05, 4.69) is 32.6 Å². The fraction of sp³-hybridized carbons (Fsp3) is 0.538. The number of nitrogens with one attached hydrogen (secondary N) is 1. The van der Waals surface area contributed by atoms with Gasteiger partial charge >= 0.3 is 12.2 Å². The van der Waals surface area contributed by atoms with Crippen LogP contribution in [0.15, 0.2) is 37.1 Å². The molecule has 11 nitrogen and oxygen atoms in total. The molecule has 2 bridgehead atoms. The van der Waals surface area contributed by atoms with Gasteiger partial charge in [0.25, 0.3) is 0 Å². The number of aliphatic hydroxyl groups excluding tert-OH is 1.